The summed E-state index contributed by atoms with van der Waals surface area (Å²) in [6.45, 7) is 6.29. The molecule has 12 nitrogen and oxygen atoms in total. The molecule has 0 aliphatic heterocycles. The summed E-state index contributed by atoms with van der Waals surface area (Å²) in [5, 5.41) is 15.3. The normalized spacial score (nSPS) is 21.8. The fourth-order valence-electron chi connectivity index (χ4n) is 7.06. The van der Waals surface area contributed by atoms with Crippen LogP contribution in [0.5, 0.6) is 0 Å². The first-order valence-corrected chi connectivity index (χ1v) is 20.2. The van der Waals surface area contributed by atoms with Crippen LogP contribution in [0.1, 0.15) is 85.0 Å². The molecule has 5 amide bonds. The zero-order valence-corrected chi connectivity index (χ0v) is 32.8. The summed E-state index contributed by atoms with van der Waals surface area (Å²) in [6, 6.07) is 19.4. The van der Waals surface area contributed by atoms with E-state index in [1.165, 1.54) is 23.2 Å². The van der Waals surface area contributed by atoms with Gasteiger partial charge in [0.25, 0.3) is 0 Å². The second kappa shape index (κ2) is 17.1. The van der Waals surface area contributed by atoms with E-state index in [0.717, 1.165) is 33.1 Å². The van der Waals surface area contributed by atoms with Crippen molar-refractivity contribution in [1.29, 1.82) is 0 Å². The Morgan fingerprint density at radius 1 is 1.00 bits per heavy atom. The van der Waals surface area contributed by atoms with Crippen LogP contribution in [0.15, 0.2) is 77.8 Å². The zero-order chi connectivity index (χ0) is 38.3. The molecule has 0 spiro atoms. The van der Waals surface area contributed by atoms with Gasteiger partial charge in [0.15, 0.2) is 0 Å². The minimum Gasteiger partial charge on any atom is -0.444 e. The van der Waals surface area contributed by atoms with Crippen LogP contribution >= 0.6 is 22.7 Å². The topological polar surface area (TPSA) is 155 Å². The SMILES string of the molecule is CC(=O)NC[C@@H]1C[C@@]1(NC(=O)N(C)Cc1csc(C(C)C)n1)C(=O)N[C@@H](CCC1(NC(=O)OCc2cncs2)CC1c1ccccc1)Cc1ccccc1. The summed E-state index contributed by atoms with van der Waals surface area (Å²) in [5.41, 5.74) is 2.92. The van der Waals surface area contributed by atoms with Crippen LogP contribution in [0.25, 0.3) is 0 Å². The van der Waals surface area contributed by atoms with Crippen LogP contribution in [-0.2, 0) is 33.9 Å². The smallest absolute Gasteiger partial charge is 0.407 e. The number of benzene rings is 2. The molecule has 2 heterocycles. The Hall–Kier alpha value is -4.82. The molecule has 2 saturated carbocycles. The second-order valence-corrected chi connectivity index (χ2v) is 16.7. The number of thiazole rings is 2. The van der Waals surface area contributed by atoms with E-state index < -0.39 is 23.2 Å². The van der Waals surface area contributed by atoms with Gasteiger partial charge in [0.05, 0.1) is 33.2 Å². The van der Waals surface area contributed by atoms with Gasteiger partial charge in [-0.2, -0.15) is 0 Å². The predicted octanol–water partition coefficient (Wildman–Crippen LogP) is 6.12. The number of urea groups is 1. The number of hydrogen-bond acceptors (Lipinski definition) is 9. The van der Waals surface area contributed by atoms with E-state index in [1.807, 2.05) is 53.9 Å². The number of carbonyl (C=O) groups excluding carboxylic acids is 4. The summed E-state index contributed by atoms with van der Waals surface area (Å²) in [4.78, 5) is 64.2. The molecule has 2 aromatic carbocycles. The lowest BCUT2D eigenvalue weighted by molar-refractivity contribution is -0.125. The van der Waals surface area contributed by atoms with Gasteiger partial charge in [0.1, 0.15) is 12.1 Å². The van der Waals surface area contributed by atoms with Gasteiger partial charge < -0.3 is 30.9 Å². The van der Waals surface area contributed by atoms with Crippen molar-refractivity contribution in [1.82, 2.24) is 36.1 Å². The van der Waals surface area contributed by atoms with E-state index in [4.69, 9.17) is 4.74 Å². The highest BCUT2D eigenvalue weighted by molar-refractivity contribution is 7.09. The number of aromatic nitrogens is 2. The van der Waals surface area contributed by atoms with E-state index in [-0.39, 0.29) is 48.8 Å². The van der Waals surface area contributed by atoms with Crippen molar-refractivity contribution < 1.29 is 23.9 Å². The molecule has 4 aromatic rings. The van der Waals surface area contributed by atoms with Gasteiger partial charge in [-0.3, -0.25) is 14.6 Å². The summed E-state index contributed by atoms with van der Waals surface area (Å²) < 4.78 is 5.60. The van der Waals surface area contributed by atoms with E-state index in [9.17, 15) is 19.2 Å². The molecule has 6 rings (SSSR count). The van der Waals surface area contributed by atoms with Crippen molar-refractivity contribution in [2.24, 2.45) is 5.92 Å². The van der Waals surface area contributed by atoms with E-state index in [0.29, 0.717) is 32.2 Å². The quantitative estimate of drug-likeness (QED) is 0.101. The van der Waals surface area contributed by atoms with Crippen LogP contribution in [-0.4, -0.2) is 69.5 Å². The Balaban J connectivity index is 1.18. The first-order valence-electron chi connectivity index (χ1n) is 18.4. The van der Waals surface area contributed by atoms with Gasteiger partial charge >= 0.3 is 12.1 Å². The molecule has 2 fully saturated rings. The lowest BCUT2D eigenvalue weighted by atomic mass is 9.95. The van der Waals surface area contributed by atoms with Crippen LogP contribution < -0.4 is 21.3 Å². The average molecular weight is 772 g/mol. The van der Waals surface area contributed by atoms with Gasteiger partial charge in [-0.15, -0.1) is 22.7 Å². The zero-order valence-electron chi connectivity index (χ0n) is 31.2. The second-order valence-electron chi connectivity index (χ2n) is 14.8. The third-order valence-corrected chi connectivity index (χ3v) is 12.3. The minimum absolute atomic E-state index is 0.0868. The van der Waals surface area contributed by atoms with Crippen LogP contribution in [0.4, 0.5) is 9.59 Å². The summed E-state index contributed by atoms with van der Waals surface area (Å²) in [7, 11) is 1.69. The lowest BCUT2D eigenvalue weighted by Crippen LogP contribution is -2.56. The maximum atomic E-state index is 14.4. The van der Waals surface area contributed by atoms with E-state index in [1.54, 1.807) is 30.1 Å². The highest BCUT2D eigenvalue weighted by atomic mass is 32.1. The van der Waals surface area contributed by atoms with Gasteiger partial charge in [0, 0.05) is 55.9 Å². The molecule has 0 radical (unpaired) electrons. The molecule has 0 bridgehead atoms. The number of nitrogens with one attached hydrogen (secondary N) is 4. The molecule has 2 aromatic heterocycles. The molecule has 0 saturated heterocycles. The number of carbonyl (C=O) groups is 4. The highest BCUT2D eigenvalue weighted by Gasteiger charge is 2.62. The Kier molecular flexibility index (Phi) is 12.3. The molecule has 4 N–H and O–H groups in total. The van der Waals surface area contributed by atoms with Crippen molar-refractivity contribution in [2.75, 3.05) is 13.6 Å². The maximum absolute atomic E-state index is 14.4. The number of hydrogen-bond donors (Lipinski definition) is 4. The third kappa shape index (κ3) is 9.83. The van der Waals surface area contributed by atoms with E-state index in [2.05, 4.69) is 57.2 Å². The first-order chi connectivity index (χ1) is 26.0. The molecule has 2 aliphatic rings. The summed E-state index contributed by atoms with van der Waals surface area (Å²) in [5.74, 6) is -0.402. The van der Waals surface area contributed by atoms with Crippen molar-refractivity contribution in [3.05, 3.63) is 104 Å². The Labute approximate surface area is 324 Å². The van der Waals surface area contributed by atoms with Crippen molar-refractivity contribution >= 4 is 46.6 Å². The first kappa shape index (κ1) is 38.9. The monoisotopic (exact) mass is 771 g/mol. The van der Waals surface area contributed by atoms with Gasteiger partial charge in [-0.05, 0) is 43.2 Å². The molecule has 286 valence electrons. The molecular weight excluding hydrogens is 723 g/mol. The molecule has 14 heteroatoms. The lowest BCUT2D eigenvalue weighted by Gasteiger charge is -2.28. The largest absolute Gasteiger partial charge is 0.444 e. The molecular formula is C40H49N7O5S2. The molecule has 5 atom stereocenters. The van der Waals surface area contributed by atoms with Gasteiger partial charge in [0.2, 0.25) is 11.8 Å². The molecule has 54 heavy (non-hydrogen) atoms. The van der Waals surface area contributed by atoms with Crippen LogP contribution in [0, 0.1) is 5.92 Å². The number of nitrogens with zero attached hydrogens (tertiary/aromatic N) is 3. The average Bonchev–Trinajstić information content (AvgIpc) is 3.84. The van der Waals surface area contributed by atoms with Crippen molar-refractivity contribution in [2.45, 2.75) is 95.0 Å². The highest BCUT2D eigenvalue weighted by Crippen LogP contribution is 2.54. The fraction of sp³-hybridized carbons (Fsp3) is 0.450. The van der Waals surface area contributed by atoms with Gasteiger partial charge in [-0.1, -0.05) is 74.5 Å². The number of alkyl carbamates (subject to hydrolysis) is 1. The van der Waals surface area contributed by atoms with Crippen LogP contribution in [0.3, 0.4) is 0 Å². The Bertz CT molecular complexity index is 1890. The minimum atomic E-state index is -1.20. The maximum Gasteiger partial charge on any atom is 0.407 e. The van der Waals surface area contributed by atoms with E-state index >= 15 is 0 Å². The van der Waals surface area contributed by atoms with Gasteiger partial charge in [-0.25, -0.2) is 14.6 Å². The number of ether oxygens (including phenoxy) is 1. The third-order valence-electron chi connectivity index (χ3n) is 10.3. The van der Waals surface area contributed by atoms with Crippen molar-refractivity contribution in [3.63, 3.8) is 0 Å². The standard InChI is InChI=1S/C40H49N7O5S2/c1-26(2)35-43-32(24-53-35)22-47(4)37(50)45-40(18-30(40)20-42-27(3)48)36(49)44-31(17-28-11-7-5-8-12-28)15-16-39(19-34(39)29-13-9-6-10-14-29)46-38(51)52-23-33-21-41-25-54-33/h5-14,21,24-26,30-31,34H,15-20,22-23H2,1-4H3,(H,42,48)(H,44,49)(H,45,50)(H,46,51)/t30-,31-,34?,39?,40-/m0/s1. The Morgan fingerprint density at radius 3 is 2.41 bits per heavy atom. The molecule has 2 aliphatic carbocycles. The van der Waals surface area contributed by atoms with Crippen LogP contribution in [0.2, 0.25) is 0 Å². The van der Waals surface area contributed by atoms with Crippen molar-refractivity contribution in [3.8, 4) is 0 Å². The summed E-state index contributed by atoms with van der Waals surface area (Å²) >= 11 is 2.99. The Morgan fingerprint density at radius 2 is 1.74 bits per heavy atom. The molecule has 2 unspecified atom stereocenters. The fourth-order valence-corrected chi connectivity index (χ4v) is 8.39. The summed E-state index contributed by atoms with van der Waals surface area (Å²) in [6.07, 6.45) is 4.01. The number of amides is 5. The predicted molar refractivity (Wildman–Crippen MR) is 209 cm³/mol. The number of rotatable bonds is 17.